The zero-order valence-electron chi connectivity index (χ0n) is 12.0. The molecule has 0 amide bonds. The van der Waals surface area contributed by atoms with Crippen molar-refractivity contribution in [3.8, 4) is 0 Å². The number of hydrogen-bond acceptors (Lipinski definition) is 6. The van der Waals surface area contributed by atoms with Crippen LogP contribution in [-0.4, -0.2) is 27.3 Å². The van der Waals surface area contributed by atoms with Crippen molar-refractivity contribution in [1.82, 2.24) is 0 Å². The lowest BCUT2D eigenvalue weighted by molar-refractivity contribution is -0.134. The summed E-state index contributed by atoms with van der Waals surface area (Å²) < 4.78 is 31.3. The number of rotatable bonds is 7. The normalized spacial score (nSPS) is 12.4. The van der Waals surface area contributed by atoms with E-state index in [-0.39, 0.29) is 5.76 Å². The number of methoxy groups -OCH3 is 1. The van der Waals surface area contributed by atoms with E-state index in [9.17, 15) is 9.36 Å². The molecule has 1 aromatic carbocycles. The van der Waals surface area contributed by atoms with Gasteiger partial charge in [0.15, 0.2) is 0 Å². The molecule has 114 valence electrons. The Morgan fingerprint density at radius 2 is 1.71 bits per heavy atom. The lowest BCUT2D eigenvalue weighted by atomic mass is 10.2. The number of phosphoric ester groups is 1. The van der Waals surface area contributed by atoms with Crippen LogP contribution in [0.25, 0.3) is 5.76 Å². The van der Waals surface area contributed by atoms with Crippen molar-refractivity contribution in [3.05, 3.63) is 54.1 Å². The molecule has 0 bridgehead atoms. The molecule has 0 aliphatic carbocycles. The molecule has 1 aromatic rings. The Morgan fingerprint density at radius 3 is 2.24 bits per heavy atom. The predicted molar refractivity (Wildman–Crippen MR) is 78.3 cm³/mol. The standard InChI is InChI=1S/C14H17O6P/c1-17-14(15)11-7-10-13(12-8-5-4-6-9-12)20-21(16,18-2)19-3/h4-11H,1-3H3/b11-7+,13-10-. The van der Waals surface area contributed by atoms with Crippen LogP contribution < -0.4 is 0 Å². The lowest BCUT2D eigenvalue weighted by Gasteiger charge is -2.16. The van der Waals surface area contributed by atoms with Gasteiger partial charge in [0, 0.05) is 25.9 Å². The van der Waals surface area contributed by atoms with Crippen LogP contribution in [0.15, 0.2) is 48.6 Å². The first-order chi connectivity index (χ1) is 10.0. The number of hydrogen-bond donors (Lipinski definition) is 0. The number of esters is 1. The largest absolute Gasteiger partial charge is 0.529 e. The summed E-state index contributed by atoms with van der Waals surface area (Å²) in [7, 11) is 0.0198. The van der Waals surface area contributed by atoms with Crippen molar-refractivity contribution in [3.63, 3.8) is 0 Å². The highest BCUT2D eigenvalue weighted by molar-refractivity contribution is 7.48. The highest BCUT2D eigenvalue weighted by Gasteiger charge is 2.26. The van der Waals surface area contributed by atoms with Crippen molar-refractivity contribution in [2.75, 3.05) is 21.3 Å². The number of carbonyl (C=O) groups is 1. The third-order valence-corrected chi connectivity index (χ3v) is 3.71. The molecule has 0 spiro atoms. The van der Waals surface area contributed by atoms with E-state index >= 15 is 0 Å². The molecule has 0 fully saturated rings. The number of phosphoric acid groups is 1. The SMILES string of the molecule is COC(=O)/C=C/C=C(\OP(=O)(OC)OC)c1ccccc1. The summed E-state index contributed by atoms with van der Waals surface area (Å²) in [5, 5.41) is 0. The first kappa shape index (κ1) is 17.2. The van der Waals surface area contributed by atoms with Gasteiger partial charge in [-0.1, -0.05) is 36.4 Å². The Bertz CT molecular complexity index is 556. The summed E-state index contributed by atoms with van der Waals surface area (Å²) in [5.41, 5.74) is 0.654. The molecule has 6 nitrogen and oxygen atoms in total. The van der Waals surface area contributed by atoms with E-state index in [2.05, 4.69) is 4.74 Å². The van der Waals surface area contributed by atoms with Gasteiger partial charge in [-0.25, -0.2) is 9.36 Å². The molecule has 0 aliphatic heterocycles. The number of benzene rings is 1. The summed E-state index contributed by atoms with van der Waals surface area (Å²) in [6.07, 6.45) is 4.09. The van der Waals surface area contributed by atoms with E-state index < -0.39 is 13.8 Å². The Morgan fingerprint density at radius 1 is 1.10 bits per heavy atom. The van der Waals surface area contributed by atoms with E-state index in [0.717, 1.165) is 0 Å². The van der Waals surface area contributed by atoms with Gasteiger partial charge in [0.25, 0.3) is 0 Å². The van der Waals surface area contributed by atoms with Gasteiger partial charge in [-0.3, -0.25) is 9.05 Å². The van der Waals surface area contributed by atoms with E-state index in [4.69, 9.17) is 13.6 Å². The molecule has 21 heavy (non-hydrogen) atoms. The third kappa shape index (κ3) is 5.55. The highest BCUT2D eigenvalue weighted by Crippen LogP contribution is 2.51. The van der Waals surface area contributed by atoms with E-state index in [1.807, 2.05) is 6.07 Å². The van der Waals surface area contributed by atoms with E-state index in [1.54, 1.807) is 24.3 Å². The van der Waals surface area contributed by atoms with E-state index in [0.29, 0.717) is 5.56 Å². The molecule has 0 radical (unpaired) electrons. The molecule has 0 N–H and O–H groups in total. The van der Waals surface area contributed by atoms with Gasteiger partial charge in [-0.05, 0) is 6.08 Å². The Hall–Kier alpha value is -1.88. The highest BCUT2D eigenvalue weighted by atomic mass is 31.2. The zero-order chi connectivity index (χ0) is 15.7. The van der Waals surface area contributed by atoms with Gasteiger partial charge in [0.05, 0.1) is 7.11 Å². The van der Waals surface area contributed by atoms with Crippen molar-refractivity contribution in [2.45, 2.75) is 0 Å². The molecule has 0 saturated heterocycles. The minimum Gasteiger partial charge on any atom is -0.466 e. The fourth-order valence-electron chi connectivity index (χ4n) is 1.33. The molecule has 7 heteroatoms. The maximum absolute atomic E-state index is 12.1. The smallest absolute Gasteiger partial charge is 0.466 e. The monoisotopic (exact) mass is 312 g/mol. The first-order valence-corrected chi connectivity index (χ1v) is 7.43. The maximum Gasteiger partial charge on any atom is 0.529 e. The van der Waals surface area contributed by atoms with Gasteiger partial charge in [0.2, 0.25) is 0 Å². The summed E-state index contributed by atoms with van der Waals surface area (Å²) in [5.74, 6) is -0.275. The molecule has 1 rings (SSSR count). The average Bonchev–Trinajstić information content (AvgIpc) is 2.54. The topological polar surface area (TPSA) is 71.1 Å². The Balaban J connectivity index is 3.07. The van der Waals surface area contributed by atoms with Crippen LogP contribution in [-0.2, 0) is 27.7 Å². The minimum atomic E-state index is -3.69. The summed E-state index contributed by atoms with van der Waals surface area (Å²) in [4.78, 5) is 11.0. The van der Waals surface area contributed by atoms with Crippen molar-refractivity contribution < 1.29 is 27.7 Å². The zero-order valence-corrected chi connectivity index (χ0v) is 12.9. The van der Waals surface area contributed by atoms with Crippen molar-refractivity contribution in [1.29, 1.82) is 0 Å². The average molecular weight is 312 g/mol. The molecular formula is C14H17O6P. The van der Waals surface area contributed by atoms with Crippen LogP contribution in [0, 0.1) is 0 Å². The molecule has 0 heterocycles. The van der Waals surface area contributed by atoms with Crippen LogP contribution in [0.3, 0.4) is 0 Å². The lowest BCUT2D eigenvalue weighted by Crippen LogP contribution is -1.96. The maximum atomic E-state index is 12.1. The first-order valence-electron chi connectivity index (χ1n) is 5.97. The third-order valence-electron chi connectivity index (χ3n) is 2.40. The molecular weight excluding hydrogens is 295 g/mol. The van der Waals surface area contributed by atoms with Crippen molar-refractivity contribution in [2.24, 2.45) is 0 Å². The van der Waals surface area contributed by atoms with E-state index in [1.165, 1.54) is 39.6 Å². The summed E-state index contributed by atoms with van der Waals surface area (Å²) >= 11 is 0. The summed E-state index contributed by atoms with van der Waals surface area (Å²) in [6, 6.07) is 8.93. The molecule has 0 atom stereocenters. The van der Waals surface area contributed by atoms with Crippen LogP contribution >= 0.6 is 7.82 Å². The Kier molecular flexibility index (Phi) is 6.88. The second-order valence-corrected chi connectivity index (χ2v) is 5.49. The predicted octanol–water partition coefficient (Wildman–Crippen LogP) is 3.17. The second-order valence-electron chi connectivity index (χ2n) is 3.68. The van der Waals surface area contributed by atoms with Gasteiger partial charge in [-0.2, -0.15) is 0 Å². The van der Waals surface area contributed by atoms with Gasteiger partial charge in [-0.15, -0.1) is 0 Å². The second kappa shape index (κ2) is 8.42. The van der Waals surface area contributed by atoms with Gasteiger partial charge < -0.3 is 9.26 Å². The molecule has 0 unspecified atom stereocenters. The number of allylic oxidation sites excluding steroid dienone is 2. The van der Waals surface area contributed by atoms with Crippen LogP contribution in [0.2, 0.25) is 0 Å². The number of ether oxygens (including phenoxy) is 1. The van der Waals surface area contributed by atoms with Crippen molar-refractivity contribution >= 4 is 19.6 Å². The van der Waals surface area contributed by atoms with Gasteiger partial charge >= 0.3 is 13.8 Å². The van der Waals surface area contributed by atoms with Crippen LogP contribution in [0.5, 0.6) is 0 Å². The fourth-order valence-corrected chi connectivity index (χ4v) is 2.04. The van der Waals surface area contributed by atoms with Gasteiger partial charge in [0.1, 0.15) is 5.76 Å². The molecule has 0 aliphatic rings. The minimum absolute atomic E-state index is 0.239. The number of carbonyl (C=O) groups excluding carboxylic acids is 1. The molecule has 0 saturated carbocycles. The Labute approximate surface area is 123 Å². The van der Waals surface area contributed by atoms with Crippen LogP contribution in [0.4, 0.5) is 0 Å². The molecule has 0 aromatic heterocycles. The quantitative estimate of drug-likeness (QED) is 0.253. The van der Waals surface area contributed by atoms with Crippen LogP contribution in [0.1, 0.15) is 5.56 Å². The summed E-state index contributed by atoms with van der Waals surface area (Å²) in [6.45, 7) is 0. The fraction of sp³-hybridized carbons (Fsp3) is 0.214.